The highest BCUT2D eigenvalue weighted by atomic mass is 32.2. The lowest BCUT2D eigenvalue weighted by Crippen LogP contribution is -2.38. The molecule has 6 rings (SSSR count). The predicted octanol–water partition coefficient (Wildman–Crippen LogP) is 4.01. The van der Waals surface area contributed by atoms with Crippen LogP contribution in [0.2, 0.25) is 0 Å². The SMILES string of the molecule is CS(=O)(=O)N1CCC(n2cc(-c3cnc4[nH]cc(-c5ccc6c(c5)OC(F)(F)O6)c4c3)cn2)CC1. The number of halogens is 2. The third kappa shape index (κ3) is 4.02. The number of fused-ring (bicyclic) bond motifs is 2. The van der Waals surface area contributed by atoms with E-state index >= 15 is 0 Å². The zero-order chi connectivity index (χ0) is 24.4. The Hall–Kier alpha value is -3.51. The van der Waals surface area contributed by atoms with E-state index in [0.717, 1.165) is 22.1 Å². The van der Waals surface area contributed by atoms with Gasteiger partial charge < -0.3 is 14.5 Å². The number of ether oxygens (including phenoxy) is 2. The lowest BCUT2D eigenvalue weighted by molar-refractivity contribution is -0.286. The van der Waals surface area contributed by atoms with Crippen molar-refractivity contribution < 1.29 is 26.7 Å². The van der Waals surface area contributed by atoms with Crippen molar-refractivity contribution in [3.8, 4) is 33.8 Å². The topological polar surface area (TPSA) is 102 Å². The summed E-state index contributed by atoms with van der Waals surface area (Å²) in [6, 6.07) is 6.77. The number of nitrogens with zero attached hydrogens (tertiary/aromatic N) is 4. The van der Waals surface area contributed by atoms with Crippen molar-refractivity contribution in [1.29, 1.82) is 0 Å². The minimum atomic E-state index is -3.67. The molecule has 1 aromatic carbocycles. The van der Waals surface area contributed by atoms with Crippen molar-refractivity contribution in [1.82, 2.24) is 24.1 Å². The van der Waals surface area contributed by atoms with Crippen molar-refractivity contribution in [2.24, 2.45) is 0 Å². The van der Waals surface area contributed by atoms with E-state index in [0.29, 0.717) is 37.1 Å². The fourth-order valence-electron chi connectivity index (χ4n) is 4.64. The maximum Gasteiger partial charge on any atom is 0.586 e. The smallest absolute Gasteiger partial charge is 0.395 e. The van der Waals surface area contributed by atoms with Crippen LogP contribution in [-0.4, -0.2) is 58.1 Å². The third-order valence-electron chi connectivity index (χ3n) is 6.44. The molecule has 35 heavy (non-hydrogen) atoms. The molecule has 0 aliphatic carbocycles. The number of benzene rings is 1. The van der Waals surface area contributed by atoms with Crippen LogP contribution in [0.25, 0.3) is 33.3 Å². The maximum absolute atomic E-state index is 13.4. The number of aromatic amines is 1. The molecule has 4 aromatic rings. The average Bonchev–Trinajstić information content (AvgIpc) is 3.53. The molecule has 2 aliphatic heterocycles. The summed E-state index contributed by atoms with van der Waals surface area (Å²) in [6.07, 6.45) is 6.17. The van der Waals surface area contributed by atoms with Crippen LogP contribution >= 0.6 is 0 Å². The lowest BCUT2D eigenvalue weighted by atomic mass is 10.0. The van der Waals surface area contributed by atoms with Gasteiger partial charge in [0.2, 0.25) is 10.0 Å². The maximum atomic E-state index is 13.4. The van der Waals surface area contributed by atoms with E-state index in [4.69, 9.17) is 0 Å². The summed E-state index contributed by atoms with van der Waals surface area (Å²) in [5.74, 6) is -0.0265. The van der Waals surface area contributed by atoms with E-state index < -0.39 is 16.3 Å². The van der Waals surface area contributed by atoms with Gasteiger partial charge in [0.05, 0.1) is 18.5 Å². The Kier molecular flexibility index (Phi) is 4.87. The van der Waals surface area contributed by atoms with Gasteiger partial charge in [-0.25, -0.2) is 17.7 Å². The second-order valence-electron chi connectivity index (χ2n) is 8.75. The van der Waals surface area contributed by atoms with Gasteiger partial charge >= 0.3 is 6.29 Å². The second kappa shape index (κ2) is 7.75. The monoisotopic (exact) mass is 501 g/mol. The summed E-state index contributed by atoms with van der Waals surface area (Å²) in [7, 11) is -3.18. The fourth-order valence-corrected chi connectivity index (χ4v) is 5.52. The Morgan fingerprint density at radius 1 is 1.06 bits per heavy atom. The zero-order valence-corrected chi connectivity index (χ0v) is 19.4. The molecule has 1 N–H and O–H groups in total. The molecule has 182 valence electrons. The molecule has 3 aromatic heterocycles. The number of nitrogens with one attached hydrogen (secondary N) is 1. The number of aromatic nitrogens is 4. The van der Waals surface area contributed by atoms with Crippen LogP contribution in [0.3, 0.4) is 0 Å². The van der Waals surface area contributed by atoms with Gasteiger partial charge in [0, 0.05) is 53.8 Å². The molecule has 2 aliphatic rings. The number of sulfonamides is 1. The minimum absolute atomic E-state index is 0.00723. The first-order valence-corrected chi connectivity index (χ1v) is 12.9. The Morgan fingerprint density at radius 2 is 1.83 bits per heavy atom. The van der Waals surface area contributed by atoms with Gasteiger partial charge in [-0.1, -0.05) is 6.07 Å². The van der Waals surface area contributed by atoms with Crippen molar-refractivity contribution >= 4 is 21.1 Å². The first-order valence-electron chi connectivity index (χ1n) is 11.0. The summed E-state index contributed by atoms with van der Waals surface area (Å²) < 4.78 is 62.8. The number of pyridine rings is 1. The van der Waals surface area contributed by atoms with E-state index in [-0.39, 0.29) is 17.5 Å². The number of H-pyrrole nitrogens is 1. The molecule has 12 heteroatoms. The number of hydrogen-bond donors (Lipinski definition) is 1. The van der Waals surface area contributed by atoms with Crippen LogP contribution < -0.4 is 9.47 Å². The largest absolute Gasteiger partial charge is 0.586 e. The van der Waals surface area contributed by atoms with Crippen LogP contribution in [0.1, 0.15) is 18.9 Å². The molecule has 0 unspecified atom stereocenters. The van der Waals surface area contributed by atoms with Crippen LogP contribution in [0, 0.1) is 0 Å². The molecule has 1 saturated heterocycles. The van der Waals surface area contributed by atoms with E-state index in [9.17, 15) is 17.2 Å². The van der Waals surface area contributed by atoms with Gasteiger partial charge in [-0.2, -0.15) is 5.10 Å². The van der Waals surface area contributed by atoms with Crippen LogP contribution in [0.15, 0.2) is 49.1 Å². The molecular weight excluding hydrogens is 480 g/mol. The van der Waals surface area contributed by atoms with E-state index in [1.807, 2.05) is 16.9 Å². The van der Waals surface area contributed by atoms with E-state index in [1.165, 1.54) is 22.7 Å². The van der Waals surface area contributed by atoms with Gasteiger partial charge in [0.25, 0.3) is 0 Å². The normalized spacial score (nSPS) is 18.4. The molecule has 0 radical (unpaired) electrons. The van der Waals surface area contributed by atoms with Crippen LogP contribution in [0.4, 0.5) is 8.78 Å². The lowest BCUT2D eigenvalue weighted by Gasteiger charge is -2.30. The van der Waals surface area contributed by atoms with Gasteiger partial charge in [0.1, 0.15) is 5.65 Å². The van der Waals surface area contributed by atoms with Crippen LogP contribution in [-0.2, 0) is 10.0 Å². The Bertz CT molecular complexity index is 1540. The van der Waals surface area contributed by atoms with Gasteiger partial charge in [-0.3, -0.25) is 4.68 Å². The summed E-state index contributed by atoms with van der Waals surface area (Å²) in [4.78, 5) is 7.63. The summed E-state index contributed by atoms with van der Waals surface area (Å²) in [5, 5.41) is 5.34. The number of rotatable bonds is 4. The van der Waals surface area contributed by atoms with Gasteiger partial charge in [-0.15, -0.1) is 8.78 Å². The van der Waals surface area contributed by atoms with E-state index in [1.54, 1.807) is 24.7 Å². The van der Waals surface area contributed by atoms with Crippen molar-refractivity contribution in [2.45, 2.75) is 25.2 Å². The van der Waals surface area contributed by atoms with Crippen molar-refractivity contribution in [2.75, 3.05) is 19.3 Å². The quantitative estimate of drug-likeness (QED) is 0.453. The van der Waals surface area contributed by atoms with Crippen molar-refractivity contribution in [3.63, 3.8) is 0 Å². The number of hydrogen-bond acceptors (Lipinski definition) is 6. The first-order chi connectivity index (χ1) is 16.7. The van der Waals surface area contributed by atoms with E-state index in [2.05, 4.69) is 24.5 Å². The zero-order valence-electron chi connectivity index (χ0n) is 18.6. The first kappa shape index (κ1) is 22.0. The summed E-state index contributed by atoms with van der Waals surface area (Å²) >= 11 is 0. The Labute approximate surface area is 199 Å². The van der Waals surface area contributed by atoms with Gasteiger partial charge in [0.15, 0.2) is 11.5 Å². The fraction of sp³-hybridized carbons (Fsp3) is 0.304. The molecule has 0 atom stereocenters. The number of piperidine rings is 1. The second-order valence-corrected chi connectivity index (χ2v) is 10.7. The Morgan fingerprint density at radius 3 is 2.60 bits per heavy atom. The predicted molar refractivity (Wildman–Crippen MR) is 124 cm³/mol. The summed E-state index contributed by atoms with van der Waals surface area (Å²) in [5.41, 5.74) is 3.86. The standard InChI is InChI=1S/C23H21F2N5O4S/c1-35(31,32)29-6-4-17(5-7-29)30-13-16(11-28-30)15-8-18-19(12-27-22(18)26-10-15)14-2-3-20-21(9-14)34-23(24,25)33-20/h2-3,8-13,17H,4-7H2,1H3,(H,26,27). The third-order valence-corrected chi connectivity index (χ3v) is 7.75. The average molecular weight is 502 g/mol. The molecular formula is C23H21F2N5O4S. The molecule has 9 nitrogen and oxygen atoms in total. The minimum Gasteiger partial charge on any atom is -0.395 e. The highest BCUT2D eigenvalue weighted by Gasteiger charge is 2.43. The van der Waals surface area contributed by atoms with Crippen molar-refractivity contribution in [3.05, 3.63) is 49.1 Å². The Balaban J connectivity index is 1.27. The van der Waals surface area contributed by atoms with Crippen LogP contribution in [0.5, 0.6) is 11.5 Å². The van der Waals surface area contributed by atoms with Gasteiger partial charge in [-0.05, 0) is 36.6 Å². The molecule has 0 spiro atoms. The molecule has 0 amide bonds. The highest BCUT2D eigenvalue weighted by Crippen LogP contribution is 2.44. The highest BCUT2D eigenvalue weighted by molar-refractivity contribution is 7.88. The molecule has 0 saturated carbocycles. The molecule has 0 bridgehead atoms. The molecule has 1 fully saturated rings. The molecule has 5 heterocycles. The number of alkyl halides is 2. The summed E-state index contributed by atoms with van der Waals surface area (Å²) in [6.45, 7) is 0.945.